The normalized spacial score (nSPS) is 15.7. The number of hydrogen-bond acceptors (Lipinski definition) is 4. The number of urea groups is 1. The highest BCUT2D eigenvalue weighted by molar-refractivity contribution is 5.89. The summed E-state index contributed by atoms with van der Waals surface area (Å²) in [4.78, 5) is 35.4. The van der Waals surface area contributed by atoms with E-state index in [4.69, 9.17) is 5.11 Å². The Bertz CT molecular complexity index is 692. The Morgan fingerprint density at radius 1 is 1.36 bits per heavy atom. The van der Waals surface area contributed by atoms with Gasteiger partial charge in [-0.1, -0.05) is 0 Å². The number of nitrogens with zero attached hydrogens (tertiary/aromatic N) is 3. The zero-order valence-corrected chi connectivity index (χ0v) is 11.7. The molecule has 116 valence electrons. The molecule has 1 aliphatic heterocycles. The molecule has 0 bridgehead atoms. The number of H-pyrrole nitrogens is 1. The zero-order valence-electron chi connectivity index (χ0n) is 11.7. The van der Waals surface area contributed by atoms with Crippen LogP contribution in [0.4, 0.5) is 15.4 Å². The van der Waals surface area contributed by atoms with Crippen molar-refractivity contribution < 1.29 is 14.7 Å². The van der Waals surface area contributed by atoms with Gasteiger partial charge in [-0.05, 0) is 18.9 Å². The molecule has 1 saturated heterocycles. The fraction of sp³-hybridized carbons (Fsp3) is 0.385. The Morgan fingerprint density at radius 2 is 2.14 bits per heavy atom. The van der Waals surface area contributed by atoms with Gasteiger partial charge in [0.05, 0.1) is 6.20 Å². The predicted molar refractivity (Wildman–Crippen MR) is 78.7 cm³/mol. The van der Waals surface area contributed by atoms with Gasteiger partial charge in [0.15, 0.2) is 11.5 Å². The van der Waals surface area contributed by atoms with E-state index in [2.05, 4.69) is 25.6 Å². The van der Waals surface area contributed by atoms with Crippen LogP contribution in [0.25, 0.3) is 11.2 Å². The van der Waals surface area contributed by atoms with E-state index in [-0.39, 0.29) is 12.1 Å². The standard InChI is InChI=1S/C13H16N6O3/c20-12(16-8-2-5-19(6-3-8)13(21)22)18-10-7-15-11-9(17-10)1-4-14-11/h1,4,7-8H,2-3,5-6H2,(H,14,15)(H,21,22)(H2,16,17,18,20). The molecule has 0 saturated carbocycles. The van der Waals surface area contributed by atoms with Crippen LogP contribution < -0.4 is 10.6 Å². The van der Waals surface area contributed by atoms with Gasteiger partial charge in [0.1, 0.15) is 5.52 Å². The highest BCUT2D eigenvalue weighted by atomic mass is 16.4. The molecule has 3 heterocycles. The van der Waals surface area contributed by atoms with Gasteiger partial charge in [0, 0.05) is 25.3 Å². The first kappa shape index (κ1) is 14.1. The summed E-state index contributed by atoms with van der Waals surface area (Å²) < 4.78 is 0. The van der Waals surface area contributed by atoms with E-state index in [0.717, 1.165) is 0 Å². The van der Waals surface area contributed by atoms with Gasteiger partial charge in [0.25, 0.3) is 0 Å². The zero-order chi connectivity index (χ0) is 15.5. The third-order valence-corrected chi connectivity index (χ3v) is 3.60. The summed E-state index contributed by atoms with van der Waals surface area (Å²) in [5.41, 5.74) is 1.33. The number of rotatable bonds is 2. The number of carboxylic acid groups (broad SMARTS) is 1. The molecule has 1 aliphatic rings. The van der Waals surface area contributed by atoms with Gasteiger partial charge in [-0.2, -0.15) is 0 Å². The molecule has 1 fully saturated rings. The number of aromatic amines is 1. The second-order valence-corrected chi connectivity index (χ2v) is 5.11. The number of likely N-dealkylation sites (tertiary alicyclic amines) is 1. The number of carbonyl (C=O) groups excluding carboxylic acids is 1. The third-order valence-electron chi connectivity index (χ3n) is 3.60. The highest BCUT2D eigenvalue weighted by Crippen LogP contribution is 2.12. The Balaban J connectivity index is 1.53. The lowest BCUT2D eigenvalue weighted by Crippen LogP contribution is -2.47. The summed E-state index contributed by atoms with van der Waals surface area (Å²) >= 11 is 0. The minimum absolute atomic E-state index is 0.0421. The van der Waals surface area contributed by atoms with E-state index in [0.29, 0.717) is 42.9 Å². The number of amides is 3. The van der Waals surface area contributed by atoms with Gasteiger partial charge in [-0.15, -0.1) is 0 Å². The third kappa shape index (κ3) is 3.08. The van der Waals surface area contributed by atoms with Crippen molar-refractivity contribution >= 4 is 29.1 Å². The second kappa shape index (κ2) is 5.88. The molecule has 2 aromatic heterocycles. The van der Waals surface area contributed by atoms with Crippen molar-refractivity contribution in [3.05, 3.63) is 18.5 Å². The van der Waals surface area contributed by atoms with Crippen LogP contribution in [0.2, 0.25) is 0 Å². The number of nitrogens with one attached hydrogen (secondary N) is 3. The Kier molecular flexibility index (Phi) is 3.77. The smallest absolute Gasteiger partial charge is 0.407 e. The van der Waals surface area contributed by atoms with Crippen LogP contribution in [0.3, 0.4) is 0 Å². The van der Waals surface area contributed by atoms with Crippen LogP contribution in [0.1, 0.15) is 12.8 Å². The van der Waals surface area contributed by atoms with Crippen molar-refractivity contribution in [1.82, 2.24) is 25.2 Å². The average molecular weight is 304 g/mol. The van der Waals surface area contributed by atoms with E-state index in [1.54, 1.807) is 12.3 Å². The molecule has 0 atom stereocenters. The molecule has 0 aromatic carbocycles. The second-order valence-electron chi connectivity index (χ2n) is 5.11. The van der Waals surface area contributed by atoms with Gasteiger partial charge >= 0.3 is 12.1 Å². The van der Waals surface area contributed by atoms with Crippen molar-refractivity contribution in [2.24, 2.45) is 0 Å². The summed E-state index contributed by atoms with van der Waals surface area (Å²) in [6.45, 7) is 0.852. The van der Waals surface area contributed by atoms with E-state index < -0.39 is 6.09 Å². The molecule has 0 aliphatic carbocycles. The molecule has 2 aromatic rings. The predicted octanol–water partition coefficient (Wildman–Crippen LogP) is 1.22. The summed E-state index contributed by atoms with van der Waals surface area (Å²) in [5, 5.41) is 14.3. The number of anilines is 1. The van der Waals surface area contributed by atoms with Crippen molar-refractivity contribution in [2.45, 2.75) is 18.9 Å². The van der Waals surface area contributed by atoms with Gasteiger partial charge in [0.2, 0.25) is 0 Å². The molecule has 3 rings (SSSR count). The summed E-state index contributed by atoms with van der Waals surface area (Å²) in [6.07, 6.45) is 3.48. The fourth-order valence-corrected chi connectivity index (χ4v) is 2.44. The lowest BCUT2D eigenvalue weighted by atomic mass is 10.1. The fourth-order valence-electron chi connectivity index (χ4n) is 2.44. The SMILES string of the molecule is O=C(Nc1cnc2[nH]ccc2n1)NC1CCN(C(=O)O)CC1. The molecular weight excluding hydrogens is 288 g/mol. The monoisotopic (exact) mass is 304 g/mol. The maximum atomic E-state index is 11.9. The number of fused-ring (bicyclic) bond motifs is 1. The molecule has 22 heavy (non-hydrogen) atoms. The lowest BCUT2D eigenvalue weighted by molar-refractivity contribution is 0.130. The maximum absolute atomic E-state index is 11.9. The van der Waals surface area contributed by atoms with Crippen LogP contribution in [-0.2, 0) is 0 Å². The minimum atomic E-state index is -0.919. The van der Waals surface area contributed by atoms with E-state index in [1.807, 2.05) is 0 Å². The number of hydrogen-bond donors (Lipinski definition) is 4. The first-order chi connectivity index (χ1) is 10.6. The van der Waals surface area contributed by atoms with Crippen LogP contribution in [0.15, 0.2) is 18.5 Å². The minimum Gasteiger partial charge on any atom is -0.465 e. The first-order valence-corrected chi connectivity index (χ1v) is 6.97. The number of aromatic nitrogens is 3. The van der Waals surface area contributed by atoms with Crippen LogP contribution in [-0.4, -0.2) is 56.2 Å². The molecule has 0 radical (unpaired) electrons. The van der Waals surface area contributed by atoms with Gasteiger partial charge < -0.3 is 20.3 Å². The van der Waals surface area contributed by atoms with E-state index >= 15 is 0 Å². The number of piperidine rings is 1. The lowest BCUT2D eigenvalue weighted by Gasteiger charge is -2.30. The maximum Gasteiger partial charge on any atom is 0.407 e. The van der Waals surface area contributed by atoms with Gasteiger partial charge in [-0.25, -0.2) is 19.6 Å². The van der Waals surface area contributed by atoms with Crippen LogP contribution in [0, 0.1) is 0 Å². The summed E-state index contributed by atoms with van der Waals surface area (Å²) in [6, 6.07) is 1.37. The highest BCUT2D eigenvalue weighted by Gasteiger charge is 2.23. The molecular formula is C13H16N6O3. The largest absolute Gasteiger partial charge is 0.465 e. The molecule has 9 nitrogen and oxygen atoms in total. The molecule has 3 amide bonds. The molecule has 9 heteroatoms. The molecule has 0 unspecified atom stereocenters. The quantitative estimate of drug-likeness (QED) is 0.664. The molecule has 4 N–H and O–H groups in total. The first-order valence-electron chi connectivity index (χ1n) is 6.97. The van der Waals surface area contributed by atoms with Crippen molar-refractivity contribution in [3.63, 3.8) is 0 Å². The number of carbonyl (C=O) groups is 2. The Hall–Kier alpha value is -2.84. The van der Waals surface area contributed by atoms with Crippen LogP contribution >= 0.6 is 0 Å². The van der Waals surface area contributed by atoms with Gasteiger partial charge in [-0.3, -0.25) is 5.32 Å². The average Bonchev–Trinajstić information content (AvgIpc) is 2.95. The van der Waals surface area contributed by atoms with Crippen molar-refractivity contribution in [3.8, 4) is 0 Å². The molecule has 0 spiro atoms. The summed E-state index contributed by atoms with van der Waals surface area (Å²) in [5.74, 6) is 0.368. The van der Waals surface area contributed by atoms with Crippen LogP contribution in [0.5, 0.6) is 0 Å². The van der Waals surface area contributed by atoms with E-state index in [1.165, 1.54) is 11.1 Å². The Labute approximate surface area is 125 Å². The van der Waals surface area contributed by atoms with Crippen molar-refractivity contribution in [1.29, 1.82) is 0 Å². The Morgan fingerprint density at radius 3 is 2.86 bits per heavy atom. The van der Waals surface area contributed by atoms with E-state index in [9.17, 15) is 9.59 Å². The van der Waals surface area contributed by atoms with Crippen molar-refractivity contribution in [2.75, 3.05) is 18.4 Å². The topological polar surface area (TPSA) is 123 Å². The summed E-state index contributed by atoms with van der Waals surface area (Å²) in [7, 11) is 0.